The lowest BCUT2D eigenvalue weighted by molar-refractivity contribution is 0.0322. The highest BCUT2D eigenvalue weighted by Crippen LogP contribution is 2.26. The monoisotopic (exact) mass is 685 g/mol. The molecule has 6 rings (SSSR count). The van der Waals surface area contributed by atoms with Gasteiger partial charge < -0.3 is 19.3 Å². The Morgan fingerprint density at radius 1 is 0.686 bits per heavy atom. The Morgan fingerprint density at radius 2 is 1.37 bits per heavy atom. The fourth-order valence-corrected chi connectivity index (χ4v) is 6.23. The number of hydrogen-bond acceptors (Lipinski definition) is 5. The summed E-state index contributed by atoms with van der Waals surface area (Å²) >= 11 is 0. The molecule has 0 radical (unpaired) electrons. The van der Waals surface area contributed by atoms with Crippen molar-refractivity contribution in [1.82, 2.24) is 9.80 Å². The van der Waals surface area contributed by atoms with Gasteiger partial charge in [0.25, 0.3) is 11.8 Å². The number of carbonyl (C=O) groups excluding carboxylic acids is 2. The van der Waals surface area contributed by atoms with Crippen molar-refractivity contribution in [3.05, 3.63) is 167 Å². The van der Waals surface area contributed by atoms with Crippen molar-refractivity contribution in [2.24, 2.45) is 0 Å². The number of carbonyl (C=O) groups is 2. The summed E-state index contributed by atoms with van der Waals surface area (Å²) in [7, 11) is 0. The minimum absolute atomic E-state index is 0.0687. The average molecular weight is 686 g/mol. The first-order valence-electron chi connectivity index (χ1n) is 17.6. The maximum Gasteiger partial charge on any atom is 0.258 e. The number of hydrogen-bond donors (Lipinski definition) is 0. The van der Waals surface area contributed by atoms with E-state index in [4.69, 9.17) is 9.47 Å². The van der Waals surface area contributed by atoms with Gasteiger partial charge in [-0.15, -0.1) is 0 Å². The quantitative estimate of drug-likeness (QED) is 0.113. The standard InChI is InChI=1S/C43H44FN3O4/c44-39-21-19-37(20-22-39)43(49)47(40-17-8-18-41(31-40)51-29-26-45-24-27-50-28-25-45)33-36-14-7-16-38(30-36)42(48)46(32-35-12-5-2-6-13-35)23-9-15-34-10-3-1-4-11-34/h1-8,10-14,16-22,30-31H,9,15,23-29,32-33H2. The van der Waals surface area contributed by atoms with E-state index >= 15 is 0 Å². The number of nitrogens with zero attached hydrogens (tertiary/aromatic N) is 3. The first-order valence-corrected chi connectivity index (χ1v) is 17.6. The molecule has 0 bridgehead atoms. The van der Waals surface area contributed by atoms with Gasteiger partial charge in [-0.3, -0.25) is 14.5 Å². The molecule has 0 unspecified atom stereocenters. The smallest absolute Gasteiger partial charge is 0.258 e. The van der Waals surface area contributed by atoms with Crippen molar-refractivity contribution >= 4 is 17.5 Å². The maximum absolute atomic E-state index is 14.1. The van der Waals surface area contributed by atoms with Crippen molar-refractivity contribution in [2.75, 3.05) is 50.9 Å². The molecular weight excluding hydrogens is 641 g/mol. The minimum Gasteiger partial charge on any atom is -0.492 e. The molecular formula is C43H44FN3O4. The van der Waals surface area contributed by atoms with Crippen LogP contribution in [0.3, 0.4) is 0 Å². The molecule has 0 N–H and O–H groups in total. The number of ether oxygens (including phenoxy) is 2. The molecule has 0 aromatic heterocycles. The molecule has 1 aliphatic heterocycles. The van der Waals surface area contributed by atoms with Crippen LogP contribution in [0.1, 0.15) is 43.8 Å². The lowest BCUT2D eigenvalue weighted by Gasteiger charge is -2.27. The summed E-state index contributed by atoms with van der Waals surface area (Å²) in [6.45, 7) is 5.77. The highest BCUT2D eigenvalue weighted by atomic mass is 19.1. The number of amides is 2. The van der Waals surface area contributed by atoms with Gasteiger partial charge in [0.05, 0.1) is 19.8 Å². The largest absolute Gasteiger partial charge is 0.492 e. The van der Waals surface area contributed by atoms with Crippen LogP contribution in [0.25, 0.3) is 0 Å². The van der Waals surface area contributed by atoms with Crippen LogP contribution >= 0.6 is 0 Å². The predicted molar refractivity (Wildman–Crippen MR) is 198 cm³/mol. The minimum atomic E-state index is -0.413. The van der Waals surface area contributed by atoms with Gasteiger partial charge in [-0.25, -0.2) is 4.39 Å². The van der Waals surface area contributed by atoms with E-state index in [1.54, 1.807) is 4.90 Å². The van der Waals surface area contributed by atoms with E-state index in [9.17, 15) is 14.0 Å². The van der Waals surface area contributed by atoms with Gasteiger partial charge >= 0.3 is 0 Å². The fourth-order valence-electron chi connectivity index (χ4n) is 6.23. The second-order valence-corrected chi connectivity index (χ2v) is 12.7. The Balaban J connectivity index is 1.21. The number of morpholine rings is 1. The van der Waals surface area contributed by atoms with Crippen LogP contribution in [0, 0.1) is 5.82 Å². The second kappa shape index (κ2) is 18.1. The predicted octanol–water partition coefficient (Wildman–Crippen LogP) is 7.66. The Bertz CT molecular complexity index is 1850. The van der Waals surface area contributed by atoms with E-state index in [2.05, 4.69) is 17.0 Å². The molecule has 0 spiro atoms. The molecule has 1 fully saturated rings. The van der Waals surface area contributed by atoms with Crippen LogP contribution in [-0.4, -0.2) is 67.6 Å². The van der Waals surface area contributed by atoms with Crippen LogP contribution in [0.5, 0.6) is 5.75 Å². The van der Waals surface area contributed by atoms with Crippen LogP contribution < -0.4 is 9.64 Å². The van der Waals surface area contributed by atoms with E-state index in [1.807, 2.05) is 102 Å². The third kappa shape index (κ3) is 10.4. The van der Waals surface area contributed by atoms with E-state index in [0.717, 1.165) is 56.8 Å². The van der Waals surface area contributed by atoms with Gasteiger partial charge in [-0.1, -0.05) is 78.9 Å². The summed E-state index contributed by atoms with van der Waals surface area (Å²) in [5.41, 5.74) is 4.64. The summed E-state index contributed by atoms with van der Waals surface area (Å²) in [5.74, 6) is -0.123. The molecule has 7 nitrogen and oxygen atoms in total. The summed E-state index contributed by atoms with van der Waals surface area (Å²) in [6, 6.07) is 40.8. The van der Waals surface area contributed by atoms with Crippen LogP contribution in [0.2, 0.25) is 0 Å². The number of anilines is 1. The van der Waals surface area contributed by atoms with Crippen molar-refractivity contribution in [3.63, 3.8) is 0 Å². The summed E-state index contributed by atoms with van der Waals surface area (Å²) in [5, 5.41) is 0. The van der Waals surface area contributed by atoms with Gasteiger partial charge in [0.2, 0.25) is 0 Å². The average Bonchev–Trinajstić information content (AvgIpc) is 3.18. The third-order valence-electron chi connectivity index (χ3n) is 9.00. The van der Waals surface area contributed by atoms with E-state index < -0.39 is 5.82 Å². The molecule has 51 heavy (non-hydrogen) atoms. The first kappa shape index (κ1) is 35.5. The summed E-state index contributed by atoms with van der Waals surface area (Å²) in [4.78, 5) is 34.0. The van der Waals surface area contributed by atoms with Crippen molar-refractivity contribution in [1.29, 1.82) is 0 Å². The molecule has 5 aromatic carbocycles. The zero-order valence-electron chi connectivity index (χ0n) is 28.8. The van der Waals surface area contributed by atoms with Crippen molar-refractivity contribution in [3.8, 4) is 5.75 Å². The molecule has 0 atom stereocenters. The molecule has 2 amide bonds. The molecule has 0 saturated carbocycles. The third-order valence-corrected chi connectivity index (χ3v) is 9.00. The molecule has 1 aliphatic rings. The summed E-state index contributed by atoms with van der Waals surface area (Å²) in [6.07, 6.45) is 1.70. The Labute approximate surface area is 299 Å². The van der Waals surface area contributed by atoms with E-state index in [0.29, 0.717) is 42.3 Å². The highest BCUT2D eigenvalue weighted by molar-refractivity contribution is 6.06. The number of halogens is 1. The maximum atomic E-state index is 14.1. The molecule has 0 aliphatic carbocycles. The Hall–Kier alpha value is -5.31. The normalized spacial score (nSPS) is 13.0. The van der Waals surface area contributed by atoms with Gasteiger partial charge in [0, 0.05) is 55.6 Å². The molecule has 5 aromatic rings. The van der Waals surface area contributed by atoms with Crippen LogP contribution in [0.4, 0.5) is 10.1 Å². The topological polar surface area (TPSA) is 62.3 Å². The van der Waals surface area contributed by atoms with E-state index in [-0.39, 0.29) is 18.4 Å². The number of rotatable bonds is 15. The van der Waals surface area contributed by atoms with Crippen LogP contribution in [-0.2, 0) is 24.2 Å². The lowest BCUT2D eigenvalue weighted by atomic mass is 10.1. The van der Waals surface area contributed by atoms with Crippen LogP contribution in [0.15, 0.2) is 133 Å². The number of benzene rings is 5. The second-order valence-electron chi connectivity index (χ2n) is 12.7. The lowest BCUT2D eigenvalue weighted by Crippen LogP contribution is -2.38. The molecule has 1 saturated heterocycles. The van der Waals surface area contributed by atoms with Crippen molar-refractivity contribution < 1.29 is 23.5 Å². The SMILES string of the molecule is O=C(c1cccc(CN(C(=O)c2ccc(F)cc2)c2cccc(OCCN3CCOCC3)c2)c1)N(CCCc1ccccc1)Cc1ccccc1. The zero-order valence-corrected chi connectivity index (χ0v) is 28.8. The zero-order chi connectivity index (χ0) is 35.3. The molecule has 262 valence electrons. The number of aryl methyl sites for hydroxylation is 1. The Morgan fingerprint density at radius 3 is 2.12 bits per heavy atom. The van der Waals surface area contributed by atoms with Crippen molar-refractivity contribution in [2.45, 2.75) is 25.9 Å². The summed E-state index contributed by atoms with van der Waals surface area (Å²) < 4.78 is 25.4. The molecule has 1 heterocycles. The van der Waals surface area contributed by atoms with Gasteiger partial charge in [-0.2, -0.15) is 0 Å². The van der Waals surface area contributed by atoms with Gasteiger partial charge in [0.15, 0.2) is 0 Å². The highest BCUT2D eigenvalue weighted by Gasteiger charge is 2.22. The fraction of sp³-hybridized carbons (Fsp3) is 0.256. The van der Waals surface area contributed by atoms with Gasteiger partial charge in [0.1, 0.15) is 18.2 Å². The van der Waals surface area contributed by atoms with Gasteiger partial charge in [-0.05, 0) is 78.1 Å². The first-order chi connectivity index (χ1) is 25.0. The molecule has 8 heteroatoms. The Kier molecular flexibility index (Phi) is 12.6. The van der Waals surface area contributed by atoms with E-state index in [1.165, 1.54) is 29.8 Å².